The highest BCUT2D eigenvalue weighted by molar-refractivity contribution is 7.90. The van der Waals surface area contributed by atoms with Gasteiger partial charge in [0.2, 0.25) is 21.8 Å². The Morgan fingerprint density at radius 2 is 1.85 bits per heavy atom. The molecule has 0 spiro atoms. The van der Waals surface area contributed by atoms with E-state index >= 15 is 4.79 Å². The molecule has 1 saturated heterocycles. The summed E-state index contributed by atoms with van der Waals surface area (Å²) in [6.07, 6.45) is 8.98. The molecule has 2 aromatic carbocycles. The Kier molecular flexibility index (Phi) is 12.1. The molecule has 2 aromatic heterocycles. The number of aryl methyl sites for hydroxylation is 2. The van der Waals surface area contributed by atoms with E-state index in [9.17, 15) is 22.4 Å². The number of ether oxygens (including phenoxy) is 2. The van der Waals surface area contributed by atoms with E-state index in [4.69, 9.17) is 19.4 Å². The fourth-order valence-corrected chi connectivity index (χ4v) is 11.4. The summed E-state index contributed by atoms with van der Waals surface area (Å²) in [5.41, 5.74) is 3.21. The minimum absolute atomic E-state index is 0.121. The Bertz CT molecular complexity index is 2500. The molecule has 1 N–H and O–H groups in total. The first-order valence-corrected chi connectivity index (χ1v) is 24.0. The van der Waals surface area contributed by atoms with Crippen LogP contribution in [0.5, 0.6) is 11.5 Å². The third kappa shape index (κ3) is 8.98. The molecule has 2 aliphatic carbocycles. The van der Waals surface area contributed by atoms with Gasteiger partial charge >= 0.3 is 0 Å². The number of aromatic nitrogens is 2. The van der Waals surface area contributed by atoms with Gasteiger partial charge < -0.3 is 14.4 Å². The van der Waals surface area contributed by atoms with E-state index in [1.165, 1.54) is 17.4 Å². The number of hydrogen-bond acceptors (Lipinski definition) is 10. The number of benzene rings is 2. The standard InChI is InChI=1S/C47H55FN4O7S2/c1-27(2)38-26-60-44(50-38)37-22-42(35-16-18-41(58-5)29(4)43(35)49-37)59-33-21-39-40(53)24-47(46(55)51-61(56,57)34-14-15-34)23-32(47)12-10-8-6-7-9-11-31(45(54)52(39)25-33)20-30-13-17-36(48)28(3)19-30/h10,12-13,16-19,22,26-27,31-34,39H,6-9,11,14-15,20-21,23-25H2,1-5H3,(H,51,55)/b12-10-/t31-,32+,33-,39+,47-/m1/s1. The molecule has 324 valence electrons. The van der Waals surface area contributed by atoms with Crippen molar-refractivity contribution in [1.29, 1.82) is 0 Å². The lowest BCUT2D eigenvalue weighted by Crippen LogP contribution is -2.46. The van der Waals surface area contributed by atoms with Crippen LogP contribution in [-0.4, -0.2) is 71.9 Å². The number of amides is 2. The van der Waals surface area contributed by atoms with Crippen LogP contribution in [0.1, 0.15) is 106 Å². The summed E-state index contributed by atoms with van der Waals surface area (Å²) in [5.74, 6) is -0.802. The molecule has 4 aliphatic rings. The molecule has 61 heavy (non-hydrogen) atoms. The molecule has 11 nitrogen and oxygen atoms in total. The van der Waals surface area contributed by atoms with Gasteiger partial charge in [0, 0.05) is 41.2 Å². The first-order valence-electron chi connectivity index (χ1n) is 21.6. The quantitative estimate of drug-likeness (QED) is 0.155. The van der Waals surface area contributed by atoms with Crippen LogP contribution in [0.25, 0.3) is 21.6 Å². The molecule has 5 atom stereocenters. The highest BCUT2D eigenvalue weighted by Crippen LogP contribution is 2.57. The van der Waals surface area contributed by atoms with Crippen LogP contribution in [0, 0.1) is 36.9 Å². The van der Waals surface area contributed by atoms with E-state index in [1.54, 1.807) is 31.1 Å². The molecule has 4 heterocycles. The second-order valence-electron chi connectivity index (χ2n) is 17.8. The fraction of sp³-hybridized carbons (Fsp3) is 0.511. The van der Waals surface area contributed by atoms with E-state index in [1.807, 2.05) is 42.7 Å². The third-order valence-electron chi connectivity index (χ3n) is 13.0. The summed E-state index contributed by atoms with van der Waals surface area (Å²) < 4.78 is 55.3. The van der Waals surface area contributed by atoms with E-state index in [-0.39, 0.29) is 48.7 Å². The number of ketones is 1. The maximum absolute atomic E-state index is 15.0. The summed E-state index contributed by atoms with van der Waals surface area (Å²) in [7, 11) is -2.24. The van der Waals surface area contributed by atoms with Crippen molar-refractivity contribution in [3.8, 4) is 22.2 Å². The molecule has 0 bridgehead atoms. The van der Waals surface area contributed by atoms with Gasteiger partial charge in [-0.15, -0.1) is 11.3 Å². The highest BCUT2D eigenvalue weighted by Gasteiger charge is 2.61. The van der Waals surface area contributed by atoms with Crippen molar-refractivity contribution in [2.45, 2.75) is 122 Å². The zero-order chi connectivity index (χ0) is 43.2. The molecule has 4 aromatic rings. The average molecular weight is 871 g/mol. The van der Waals surface area contributed by atoms with Crippen molar-refractivity contribution >= 4 is 49.9 Å². The van der Waals surface area contributed by atoms with Gasteiger partial charge in [-0.25, -0.2) is 22.8 Å². The predicted octanol–water partition coefficient (Wildman–Crippen LogP) is 8.55. The summed E-state index contributed by atoms with van der Waals surface area (Å²) in [6, 6.07) is 9.65. The van der Waals surface area contributed by atoms with Gasteiger partial charge in [0.05, 0.1) is 41.6 Å². The van der Waals surface area contributed by atoms with E-state index in [2.05, 4.69) is 18.6 Å². The zero-order valence-electron chi connectivity index (χ0n) is 35.5. The molecular formula is C47H55FN4O7S2. The highest BCUT2D eigenvalue weighted by atomic mass is 32.2. The minimum Gasteiger partial charge on any atom is -0.496 e. The van der Waals surface area contributed by atoms with Crippen molar-refractivity contribution in [2.75, 3.05) is 13.7 Å². The molecule has 8 rings (SSSR count). The molecule has 3 fully saturated rings. The first-order chi connectivity index (χ1) is 29.2. The van der Waals surface area contributed by atoms with Gasteiger partial charge in [-0.05, 0) is 100.0 Å². The molecule has 2 saturated carbocycles. The predicted molar refractivity (Wildman–Crippen MR) is 234 cm³/mol. The van der Waals surface area contributed by atoms with Crippen LogP contribution in [0.2, 0.25) is 0 Å². The van der Waals surface area contributed by atoms with Crippen molar-refractivity contribution < 1.29 is 36.7 Å². The number of thiazole rings is 1. The number of nitrogens with one attached hydrogen (secondary N) is 1. The molecule has 14 heteroatoms. The van der Waals surface area contributed by atoms with Gasteiger partial charge in [-0.1, -0.05) is 51.0 Å². The molecular weight excluding hydrogens is 816 g/mol. The molecule has 0 unspecified atom stereocenters. The minimum atomic E-state index is -3.85. The Morgan fingerprint density at radius 1 is 1.05 bits per heavy atom. The number of allylic oxidation sites excluding steroid dienone is 2. The second-order valence-corrected chi connectivity index (χ2v) is 20.7. The van der Waals surface area contributed by atoms with Crippen LogP contribution in [0.3, 0.4) is 0 Å². The van der Waals surface area contributed by atoms with Crippen molar-refractivity contribution in [3.05, 3.63) is 82.1 Å². The normalized spacial score (nSPS) is 25.4. The van der Waals surface area contributed by atoms with Gasteiger partial charge in [0.25, 0.3) is 0 Å². The lowest BCUT2D eigenvalue weighted by Gasteiger charge is -2.29. The topological polar surface area (TPSA) is 145 Å². The van der Waals surface area contributed by atoms with Gasteiger partial charge in [0.1, 0.15) is 34.1 Å². The van der Waals surface area contributed by atoms with Crippen molar-refractivity contribution in [1.82, 2.24) is 19.6 Å². The number of carbonyl (C=O) groups excluding carboxylic acids is 3. The number of rotatable bonds is 10. The third-order valence-corrected chi connectivity index (χ3v) is 15.7. The number of methoxy groups -OCH3 is 1. The summed E-state index contributed by atoms with van der Waals surface area (Å²) in [5, 5.41) is 2.92. The largest absolute Gasteiger partial charge is 0.496 e. The van der Waals surface area contributed by atoms with E-state index in [0.29, 0.717) is 60.4 Å². The van der Waals surface area contributed by atoms with Crippen LogP contribution in [-0.2, 0) is 30.8 Å². The van der Waals surface area contributed by atoms with Gasteiger partial charge in [0.15, 0.2) is 5.78 Å². The second kappa shape index (κ2) is 17.2. The fourth-order valence-electron chi connectivity index (χ4n) is 9.09. The van der Waals surface area contributed by atoms with Crippen LogP contribution < -0.4 is 14.2 Å². The number of pyridine rings is 1. The van der Waals surface area contributed by atoms with E-state index < -0.39 is 44.7 Å². The SMILES string of the molecule is COc1ccc2c(O[C@@H]3C[C@H]4C(=O)C[C@]5(C(=O)NS(=O)(=O)C6CC6)C[C@@H]5/C=C\CCCCC[C@H](Cc5ccc(F)c(C)c5)C(=O)N4C3)cc(-c3nc(C(C)C)cs3)nc2c1C. The lowest BCUT2D eigenvalue weighted by molar-refractivity contribution is -0.142. The number of carbonyl (C=O) groups is 3. The number of sulfonamides is 1. The van der Waals surface area contributed by atoms with Crippen molar-refractivity contribution in [3.63, 3.8) is 0 Å². The number of nitrogens with zero attached hydrogens (tertiary/aromatic N) is 3. The molecule has 2 amide bonds. The zero-order valence-corrected chi connectivity index (χ0v) is 37.2. The molecule has 2 aliphatic heterocycles. The van der Waals surface area contributed by atoms with Crippen LogP contribution >= 0.6 is 11.3 Å². The number of fused-ring (bicyclic) bond motifs is 3. The Balaban J connectivity index is 1.16. The maximum Gasteiger partial charge on any atom is 0.240 e. The lowest BCUT2D eigenvalue weighted by atomic mass is 9.89. The Labute approximate surface area is 361 Å². The van der Waals surface area contributed by atoms with E-state index in [0.717, 1.165) is 52.9 Å². The Morgan fingerprint density at radius 3 is 2.57 bits per heavy atom. The molecule has 0 radical (unpaired) electrons. The van der Waals surface area contributed by atoms with Gasteiger partial charge in [-0.3, -0.25) is 19.1 Å². The smallest absolute Gasteiger partial charge is 0.240 e. The van der Waals surface area contributed by atoms with Crippen molar-refractivity contribution in [2.24, 2.45) is 17.3 Å². The Hall–Kier alpha value is -4.69. The van der Waals surface area contributed by atoms with Gasteiger partial charge in [-0.2, -0.15) is 0 Å². The number of Topliss-reactive ketones (excluding diaryl/α,β-unsaturated/α-hetero) is 1. The summed E-state index contributed by atoms with van der Waals surface area (Å²) in [6.45, 7) is 7.95. The monoisotopic (exact) mass is 870 g/mol. The van der Waals surface area contributed by atoms with Crippen LogP contribution in [0.4, 0.5) is 4.39 Å². The average Bonchev–Trinajstić information content (AvgIpc) is 4.10. The van der Waals surface area contributed by atoms with Crippen LogP contribution in [0.15, 0.2) is 53.9 Å². The number of halogens is 1. The summed E-state index contributed by atoms with van der Waals surface area (Å²) in [4.78, 5) is 55.4. The first kappa shape index (κ1) is 43.0. The maximum atomic E-state index is 15.0. The summed E-state index contributed by atoms with van der Waals surface area (Å²) >= 11 is 1.50. The number of hydrogen-bond donors (Lipinski definition) is 1.